The van der Waals surface area contributed by atoms with Gasteiger partial charge >= 0.3 is 5.97 Å². The van der Waals surface area contributed by atoms with Gasteiger partial charge in [-0.2, -0.15) is 0 Å². The van der Waals surface area contributed by atoms with Crippen LogP contribution in [0.2, 0.25) is 0 Å². The average Bonchev–Trinajstić information content (AvgIpc) is 2.68. The van der Waals surface area contributed by atoms with Crippen molar-refractivity contribution in [1.82, 2.24) is 4.72 Å². The molecule has 3 aromatic rings. The standard InChI is InChI=1S/C23H23NO4S/c1-17-12-14-19(15-13-17)23(2,3)24-29(26,27)21-11-7-10-20(16-21)28-22(25)18-8-5-4-6-9-18/h4-16,24H,1-3H3. The predicted molar refractivity (Wildman–Crippen MR) is 112 cm³/mol. The van der Waals surface area contributed by atoms with Crippen LogP contribution < -0.4 is 9.46 Å². The first-order valence-electron chi connectivity index (χ1n) is 9.16. The fourth-order valence-electron chi connectivity index (χ4n) is 2.87. The number of rotatable bonds is 6. The molecule has 1 N–H and O–H groups in total. The molecule has 0 aromatic heterocycles. The third-order valence-electron chi connectivity index (χ3n) is 4.50. The van der Waals surface area contributed by atoms with Crippen molar-refractivity contribution < 1.29 is 17.9 Å². The second-order valence-electron chi connectivity index (χ2n) is 7.33. The maximum atomic E-state index is 12.9. The minimum Gasteiger partial charge on any atom is -0.423 e. The summed E-state index contributed by atoms with van der Waals surface area (Å²) in [6.45, 7) is 5.58. The van der Waals surface area contributed by atoms with Gasteiger partial charge in [0.15, 0.2) is 0 Å². The van der Waals surface area contributed by atoms with E-state index in [0.29, 0.717) is 5.56 Å². The quantitative estimate of drug-likeness (QED) is 0.483. The Morgan fingerprint density at radius 3 is 2.21 bits per heavy atom. The van der Waals surface area contributed by atoms with Gasteiger partial charge in [-0.1, -0.05) is 54.1 Å². The van der Waals surface area contributed by atoms with Crippen LogP contribution in [0.25, 0.3) is 0 Å². The van der Waals surface area contributed by atoms with Gasteiger partial charge in [-0.25, -0.2) is 17.9 Å². The summed E-state index contributed by atoms with van der Waals surface area (Å²) in [4.78, 5) is 12.3. The molecule has 3 aromatic carbocycles. The zero-order chi connectivity index (χ0) is 21.1. The first-order chi connectivity index (χ1) is 13.7. The second-order valence-corrected chi connectivity index (χ2v) is 9.01. The smallest absolute Gasteiger partial charge is 0.343 e. The molecule has 0 atom stereocenters. The van der Waals surface area contributed by atoms with E-state index in [4.69, 9.17) is 4.74 Å². The average molecular weight is 410 g/mol. The maximum Gasteiger partial charge on any atom is 0.343 e. The van der Waals surface area contributed by atoms with Gasteiger partial charge in [0.2, 0.25) is 10.0 Å². The Balaban J connectivity index is 1.81. The molecule has 0 spiro atoms. The Morgan fingerprint density at radius 2 is 1.55 bits per heavy atom. The molecule has 150 valence electrons. The van der Waals surface area contributed by atoms with Gasteiger partial charge in [-0.05, 0) is 50.6 Å². The summed E-state index contributed by atoms with van der Waals surface area (Å²) < 4.78 is 34.0. The summed E-state index contributed by atoms with van der Waals surface area (Å²) in [6.07, 6.45) is 0. The molecule has 5 nitrogen and oxygen atoms in total. The molecule has 0 aliphatic rings. The van der Waals surface area contributed by atoms with Gasteiger partial charge in [0.25, 0.3) is 0 Å². The van der Waals surface area contributed by atoms with Gasteiger partial charge < -0.3 is 4.74 Å². The lowest BCUT2D eigenvalue weighted by atomic mass is 9.95. The van der Waals surface area contributed by atoms with E-state index < -0.39 is 21.5 Å². The highest BCUT2D eigenvalue weighted by atomic mass is 32.2. The molecule has 0 saturated carbocycles. The van der Waals surface area contributed by atoms with Crippen LogP contribution in [0, 0.1) is 6.92 Å². The molecule has 0 amide bonds. The lowest BCUT2D eigenvalue weighted by molar-refractivity contribution is 0.0734. The summed E-state index contributed by atoms with van der Waals surface area (Å²) in [7, 11) is -3.84. The lowest BCUT2D eigenvalue weighted by Crippen LogP contribution is -2.40. The van der Waals surface area contributed by atoms with Crippen molar-refractivity contribution in [3.8, 4) is 5.75 Å². The first kappa shape index (κ1) is 20.8. The number of hydrogen-bond acceptors (Lipinski definition) is 4. The minimum absolute atomic E-state index is 0.0241. The molecule has 3 rings (SSSR count). The Kier molecular flexibility index (Phi) is 5.86. The van der Waals surface area contributed by atoms with Crippen molar-refractivity contribution >= 4 is 16.0 Å². The van der Waals surface area contributed by atoms with Crippen molar-refractivity contribution in [2.45, 2.75) is 31.2 Å². The van der Waals surface area contributed by atoms with Crippen LogP contribution in [-0.4, -0.2) is 14.4 Å². The summed E-state index contributed by atoms with van der Waals surface area (Å²) in [6, 6.07) is 22.1. The highest BCUT2D eigenvalue weighted by molar-refractivity contribution is 7.89. The molecule has 0 radical (unpaired) electrons. The summed E-state index contributed by atoms with van der Waals surface area (Å²) in [5.41, 5.74) is 1.52. The van der Waals surface area contributed by atoms with Crippen LogP contribution in [0.3, 0.4) is 0 Å². The van der Waals surface area contributed by atoms with Crippen molar-refractivity contribution in [3.05, 3.63) is 95.6 Å². The van der Waals surface area contributed by atoms with E-state index in [1.165, 1.54) is 12.1 Å². The summed E-state index contributed by atoms with van der Waals surface area (Å²) in [5.74, 6) is -0.386. The number of ether oxygens (including phenoxy) is 1. The molecule has 0 aliphatic heterocycles. The molecule has 0 fully saturated rings. The Morgan fingerprint density at radius 1 is 0.897 bits per heavy atom. The molecular formula is C23H23NO4S. The molecule has 0 aliphatic carbocycles. The van der Waals surface area contributed by atoms with E-state index in [1.807, 2.05) is 31.2 Å². The van der Waals surface area contributed by atoms with Crippen LogP contribution in [-0.2, 0) is 15.6 Å². The normalized spacial score (nSPS) is 11.8. The van der Waals surface area contributed by atoms with Gasteiger partial charge in [0, 0.05) is 6.07 Å². The number of hydrogen-bond donors (Lipinski definition) is 1. The third kappa shape index (κ3) is 5.10. The first-order valence-corrected chi connectivity index (χ1v) is 10.6. The Bertz CT molecular complexity index is 1110. The zero-order valence-corrected chi connectivity index (χ0v) is 17.4. The number of nitrogens with one attached hydrogen (secondary N) is 1. The largest absolute Gasteiger partial charge is 0.423 e. The van der Waals surface area contributed by atoms with Crippen molar-refractivity contribution in [2.24, 2.45) is 0 Å². The van der Waals surface area contributed by atoms with Crippen LogP contribution in [0.15, 0.2) is 83.8 Å². The number of carbonyl (C=O) groups is 1. The topological polar surface area (TPSA) is 72.5 Å². The predicted octanol–water partition coefficient (Wildman–Crippen LogP) is 4.43. The Hall–Kier alpha value is -2.96. The monoisotopic (exact) mass is 409 g/mol. The van der Waals surface area contributed by atoms with Crippen molar-refractivity contribution in [1.29, 1.82) is 0 Å². The molecule has 0 unspecified atom stereocenters. The fraction of sp³-hybridized carbons (Fsp3) is 0.174. The van der Waals surface area contributed by atoms with Gasteiger partial charge in [-0.15, -0.1) is 0 Å². The lowest BCUT2D eigenvalue weighted by Gasteiger charge is -2.27. The highest BCUT2D eigenvalue weighted by Gasteiger charge is 2.28. The van der Waals surface area contributed by atoms with Gasteiger partial charge in [-0.3, -0.25) is 0 Å². The van der Waals surface area contributed by atoms with Gasteiger partial charge in [0.05, 0.1) is 16.0 Å². The van der Waals surface area contributed by atoms with E-state index in [1.54, 1.807) is 56.3 Å². The molecular weight excluding hydrogens is 386 g/mol. The molecule has 29 heavy (non-hydrogen) atoms. The minimum atomic E-state index is -3.84. The van der Waals surface area contributed by atoms with Crippen molar-refractivity contribution in [2.75, 3.05) is 0 Å². The summed E-state index contributed by atoms with van der Waals surface area (Å²) >= 11 is 0. The van der Waals surface area contributed by atoms with Crippen LogP contribution in [0.4, 0.5) is 0 Å². The van der Waals surface area contributed by atoms with Crippen LogP contribution >= 0.6 is 0 Å². The number of benzene rings is 3. The second kappa shape index (κ2) is 8.19. The van der Waals surface area contributed by atoms with Crippen molar-refractivity contribution in [3.63, 3.8) is 0 Å². The SMILES string of the molecule is Cc1ccc(C(C)(C)NS(=O)(=O)c2cccc(OC(=O)c3ccccc3)c2)cc1. The maximum absolute atomic E-state index is 12.9. The number of carbonyl (C=O) groups excluding carboxylic acids is 1. The molecule has 6 heteroatoms. The number of aryl methyl sites for hydroxylation is 1. The van der Waals surface area contributed by atoms with Crippen LogP contribution in [0.1, 0.15) is 35.3 Å². The van der Waals surface area contributed by atoms with Crippen LogP contribution in [0.5, 0.6) is 5.75 Å². The molecule has 0 saturated heterocycles. The summed E-state index contributed by atoms with van der Waals surface area (Å²) in [5, 5.41) is 0. The van der Waals surface area contributed by atoms with E-state index in [9.17, 15) is 13.2 Å². The Labute approximate surface area is 171 Å². The van der Waals surface area contributed by atoms with E-state index >= 15 is 0 Å². The highest BCUT2D eigenvalue weighted by Crippen LogP contribution is 2.25. The van der Waals surface area contributed by atoms with E-state index in [2.05, 4.69) is 4.72 Å². The fourth-order valence-corrected chi connectivity index (χ4v) is 4.31. The van der Waals surface area contributed by atoms with E-state index in [-0.39, 0.29) is 10.6 Å². The third-order valence-corrected chi connectivity index (χ3v) is 6.15. The number of esters is 1. The van der Waals surface area contributed by atoms with Gasteiger partial charge in [0.1, 0.15) is 5.75 Å². The van der Waals surface area contributed by atoms with E-state index in [0.717, 1.165) is 11.1 Å². The number of sulfonamides is 1. The molecule has 0 heterocycles. The zero-order valence-electron chi connectivity index (χ0n) is 16.5. The molecule has 0 bridgehead atoms.